The first-order valence-electron chi connectivity index (χ1n) is 10.7. The smallest absolute Gasteiger partial charge is 0.275 e. The van der Waals surface area contributed by atoms with Crippen molar-refractivity contribution in [3.8, 4) is 5.75 Å². The first-order valence-corrected chi connectivity index (χ1v) is 10.7. The van der Waals surface area contributed by atoms with Gasteiger partial charge >= 0.3 is 0 Å². The Labute approximate surface area is 183 Å². The van der Waals surface area contributed by atoms with Gasteiger partial charge in [0.05, 0.1) is 33.3 Å². The van der Waals surface area contributed by atoms with Crippen molar-refractivity contribution in [1.29, 1.82) is 0 Å². The molecule has 0 spiro atoms. The van der Waals surface area contributed by atoms with Gasteiger partial charge in [-0.1, -0.05) is 18.2 Å². The molecule has 0 aliphatic carbocycles. The van der Waals surface area contributed by atoms with Crippen LogP contribution >= 0.6 is 0 Å². The van der Waals surface area contributed by atoms with Crippen LogP contribution in [0.5, 0.6) is 5.75 Å². The summed E-state index contributed by atoms with van der Waals surface area (Å²) in [7, 11) is 3.31. The number of nitrogens with one attached hydrogen (secondary N) is 2. The molecule has 7 heteroatoms. The molecule has 2 aromatic carbocycles. The highest BCUT2D eigenvalue weighted by Gasteiger charge is 2.23. The van der Waals surface area contributed by atoms with Crippen LogP contribution in [0.2, 0.25) is 0 Å². The molecule has 166 valence electrons. The van der Waals surface area contributed by atoms with Crippen molar-refractivity contribution >= 4 is 28.7 Å². The fourth-order valence-corrected chi connectivity index (χ4v) is 3.70. The molecule has 2 amide bonds. The summed E-state index contributed by atoms with van der Waals surface area (Å²) >= 11 is 0. The molecule has 0 unspecified atom stereocenters. The number of hydrogen-bond acceptors (Lipinski definition) is 4. The molecule has 1 aliphatic rings. The molecule has 3 rings (SSSR count). The molecule has 2 aromatic rings. The van der Waals surface area contributed by atoms with Crippen LogP contribution in [-0.4, -0.2) is 76.8 Å². The minimum absolute atomic E-state index is 0.0119. The van der Waals surface area contributed by atoms with Crippen molar-refractivity contribution < 1.29 is 24.0 Å². The fourth-order valence-electron chi connectivity index (χ4n) is 3.70. The van der Waals surface area contributed by atoms with E-state index in [2.05, 4.69) is 11.4 Å². The molecule has 0 aromatic heterocycles. The lowest BCUT2D eigenvalue weighted by Crippen LogP contribution is -3.15. The van der Waals surface area contributed by atoms with Crippen LogP contribution in [0, 0.1) is 0 Å². The molecule has 7 nitrogen and oxygen atoms in total. The minimum atomic E-state index is 0.0119. The second kappa shape index (κ2) is 11.5. The van der Waals surface area contributed by atoms with Crippen LogP contribution in [0.25, 0.3) is 16.8 Å². The molecule has 0 radical (unpaired) electrons. The molecule has 31 heavy (non-hydrogen) atoms. The summed E-state index contributed by atoms with van der Waals surface area (Å²) < 4.78 is 10.2. The highest BCUT2D eigenvalue weighted by Crippen LogP contribution is 2.22. The van der Waals surface area contributed by atoms with Crippen LogP contribution in [-0.2, 0) is 14.3 Å². The van der Waals surface area contributed by atoms with E-state index < -0.39 is 0 Å². The standard InChI is InChI=1S/C24H31N3O4/c1-30-15-3-10-25-23(28)18-26-11-13-27(14-12-26)24(29)9-5-19-4-6-21-17-22(31-2)8-7-20(21)16-19/h4-9,16-17H,3,10-15,18H2,1-2H3,(H,25,28)/p+1/b9-5+. The number of carbonyl (C=O) groups excluding carboxylic acids is 2. The van der Waals surface area contributed by atoms with Crippen molar-refractivity contribution in [3.05, 3.63) is 48.0 Å². The normalized spacial score (nSPS) is 14.8. The van der Waals surface area contributed by atoms with Crippen LogP contribution in [0.1, 0.15) is 12.0 Å². The maximum absolute atomic E-state index is 12.6. The molecule has 1 fully saturated rings. The maximum atomic E-state index is 12.6. The molecular formula is C24H32N3O4+. The van der Waals surface area contributed by atoms with E-state index in [1.807, 2.05) is 41.3 Å². The Hall–Kier alpha value is -2.90. The molecule has 1 heterocycles. The van der Waals surface area contributed by atoms with E-state index in [0.29, 0.717) is 32.8 Å². The number of piperazine rings is 1. The van der Waals surface area contributed by atoms with Gasteiger partial charge in [0, 0.05) is 26.3 Å². The fraction of sp³-hybridized carbons (Fsp3) is 0.417. The Bertz CT molecular complexity index is 920. The summed E-state index contributed by atoms with van der Waals surface area (Å²) in [5, 5.41) is 5.12. The second-order valence-electron chi connectivity index (χ2n) is 7.75. The quantitative estimate of drug-likeness (QED) is 0.458. The highest BCUT2D eigenvalue weighted by molar-refractivity contribution is 5.93. The van der Waals surface area contributed by atoms with E-state index in [1.165, 1.54) is 4.90 Å². The molecular weight excluding hydrogens is 394 g/mol. The third-order valence-electron chi connectivity index (χ3n) is 5.53. The predicted molar refractivity (Wildman–Crippen MR) is 121 cm³/mol. The molecule has 0 atom stereocenters. The van der Waals surface area contributed by atoms with Gasteiger partial charge in [-0.2, -0.15) is 0 Å². The summed E-state index contributed by atoms with van der Waals surface area (Å²) in [6.45, 7) is 4.62. The van der Waals surface area contributed by atoms with Gasteiger partial charge in [-0.3, -0.25) is 9.59 Å². The summed E-state index contributed by atoms with van der Waals surface area (Å²) in [5.74, 6) is 0.897. The summed E-state index contributed by atoms with van der Waals surface area (Å²) in [4.78, 5) is 27.6. The first-order chi connectivity index (χ1) is 15.1. The summed E-state index contributed by atoms with van der Waals surface area (Å²) in [5.41, 5.74) is 0.987. The van der Waals surface area contributed by atoms with Gasteiger partial charge in [-0.15, -0.1) is 0 Å². The van der Waals surface area contributed by atoms with E-state index in [-0.39, 0.29) is 11.8 Å². The number of carbonyl (C=O) groups is 2. The number of ether oxygens (including phenoxy) is 2. The maximum Gasteiger partial charge on any atom is 0.275 e. The largest absolute Gasteiger partial charge is 0.497 e. The van der Waals surface area contributed by atoms with E-state index in [9.17, 15) is 9.59 Å². The van der Waals surface area contributed by atoms with Crippen molar-refractivity contribution in [1.82, 2.24) is 10.2 Å². The Kier molecular flexibility index (Phi) is 8.44. The first kappa shape index (κ1) is 22.8. The number of fused-ring (bicyclic) bond motifs is 1. The number of benzene rings is 2. The Morgan fingerprint density at radius 2 is 1.84 bits per heavy atom. The highest BCUT2D eigenvalue weighted by atomic mass is 16.5. The van der Waals surface area contributed by atoms with E-state index in [0.717, 1.165) is 41.6 Å². The van der Waals surface area contributed by atoms with Crippen molar-refractivity contribution in [3.63, 3.8) is 0 Å². The third kappa shape index (κ3) is 6.80. The number of rotatable bonds is 9. The molecule has 0 bridgehead atoms. The van der Waals surface area contributed by atoms with Gasteiger partial charge in [-0.05, 0) is 47.0 Å². The van der Waals surface area contributed by atoms with E-state index >= 15 is 0 Å². The molecule has 0 saturated carbocycles. The van der Waals surface area contributed by atoms with Crippen molar-refractivity contribution in [2.45, 2.75) is 6.42 Å². The summed E-state index contributed by atoms with van der Waals surface area (Å²) in [6.07, 6.45) is 4.31. The van der Waals surface area contributed by atoms with Gasteiger partial charge in [0.25, 0.3) is 5.91 Å². The zero-order chi connectivity index (χ0) is 22.1. The molecule has 1 saturated heterocycles. The summed E-state index contributed by atoms with van der Waals surface area (Å²) in [6, 6.07) is 12.0. The van der Waals surface area contributed by atoms with Gasteiger partial charge < -0.3 is 24.6 Å². The lowest BCUT2D eigenvalue weighted by Gasteiger charge is -2.31. The number of nitrogens with zero attached hydrogens (tertiary/aromatic N) is 1. The lowest BCUT2D eigenvalue weighted by molar-refractivity contribution is -0.896. The van der Waals surface area contributed by atoms with Crippen molar-refractivity contribution in [2.24, 2.45) is 0 Å². The topological polar surface area (TPSA) is 72.3 Å². The van der Waals surface area contributed by atoms with Crippen LogP contribution < -0.4 is 15.0 Å². The lowest BCUT2D eigenvalue weighted by atomic mass is 10.1. The van der Waals surface area contributed by atoms with Gasteiger partial charge in [0.15, 0.2) is 6.54 Å². The molecule has 1 aliphatic heterocycles. The van der Waals surface area contributed by atoms with E-state index in [1.54, 1.807) is 20.3 Å². The van der Waals surface area contributed by atoms with E-state index in [4.69, 9.17) is 9.47 Å². The average Bonchev–Trinajstić information content (AvgIpc) is 2.80. The molecule has 2 N–H and O–H groups in total. The number of hydrogen-bond donors (Lipinski definition) is 2. The third-order valence-corrected chi connectivity index (χ3v) is 5.53. The zero-order valence-corrected chi connectivity index (χ0v) is 18.4. The van der Waals surface area contributed by atoms with Crippen LogP contribution in [0.15, 0.2) is 42.5 Å². The van der Waals surface area contributed by atoms with Crippen LogP contribution in [0.3, 0.4) is 0 Å². The minimum Gasteiger partial charge on any atom is -0.497 e. The monoisotopic (exact) mass is 426 g/mol. The SMILES string of the molecule is COCCCNC(=O)C[NH+]1CCN(C(=O)/C=C/c2ccc3cc(OC)ccc3c2)CC1. The zero-order valence-electron chi connectivity index (χ0n) is 18.4. The number of methoxy groups -OCH3 is 2. The second-order valence-corrected chi connectivity index (χ2v) is 7.75. The predicted octanol–water partition coefficient (Wildman–Crippen LogP) is 0.741. The van der Waals surface area contributed by atoms with Gasteiger partial charge in [-0.25, -0.2) is 0 Å². The number of amides is 2. The Morgan fingerprint density at radius 1 is 1.10 bits per heavy atom. The van der Waals surface area contributed by atoms with Crippen molar-refractivity contribution in [2.75, 3.05) is 60.1 Å². The van der Waals surface area contributed by atoms with Crippen LogP contribution in [0.4, 0.5) is 0 Å². The van der Waals surface area contributed by atoms with Gasteiger partial charge in [0.1, 0.15) is 5.75 Å². The Morgan fingerprint density at radius 3 is 2.58 bits per heavy atom. The average molecular weight is 427 g/mol. The van der Waals surface area contributed by atoms with Gasteiger partial charge in [0.2, 0.25) is 5.91 Å². The number of quaternary nitrogens is 1. The Balaban J connectivity index is 1.46.